The standard InChI is InChI=1S/C75H91N/c1-9-13-17-21-45-74(46-22-18-14-10-2)69-49-54(5)25-41-65(69)66-42-33-59(51-70(66)74)56-28-35-61(36-29-56)73(6,7)62-37-30-57(31-38-62)60-34-43-67-68-44-40-64(76(8)63-39-32-55-26-27-58(55)50-63)53-72(68)75(71(67)52-60,47-23-19-15-11-3)48-24-20-16-12-4/h25,28-44,49-53H,9-24,26-27,45-48H2,1-8H3. The second kappa shape index (κ2) is 23.5. The van der Waals surface area contributed by atoms with Crippen LogP contribution >= 0.6 is 0 Å². The Morgan fingerprint density at radius 1 is 0.368 bits per heavy atom. The van der Waals surface area contributed by atoms with Gasteiger partial charge in [0.15, 0.2) is 0 Å². The third kappa shape index (κ3) is 10.4. The zero-order valence-electron chi connectivity index (χ0n) is 48.3. The number of aryl methyl sites for hydroxylation is 3. The average Bonchev–Trinajstić information content (AvgIpc) is 3.97. The maximum Gasteiger partial charge on any atom is 0.0411 e. The van der Waals surface area contributed by atoms with E-state index in [-0.39, 0.29) is 16.2 Å². The minimum Gasteiger partial charge on any atom is -0.345 e. The van der Waals surface area contributed by atoms with Gasteiger partial charge in [0, 0.05) is 34.7 Å². The molecule has 76 heavy (non-hydrogen) atoms. The highest BCUT2D eigenvalue weighted by Gasteiger charge is 2.44. The molecule has 0 bridgehead atoms. The lowest BCUT2D eigenvalue weighted by Crippen LogP contribution is -2.26. The van der Waals surface area contributed by atoms with Crippen LogP contribution in [0.2, 0.25) is 0 Å². The number of benzene rings is 7. The summed E-state index contributed by atoms with van der Waals surface area (Å²) in [6.45, 7) is 16.5. The number of fused-ring (bicyclic) bond motifs is 7. The van der Waals surface area contributed by atoms with Gasteiger partial charge in [-0.15, -0.1) is 0 Å². The van der Waals surface area contributed by atoms with Crippen LogP contribution in [0.3, 0.4) is 0 Å². The van der Waals surface area contributed by atoms with Gasteiger partial charge >= 0.3 is 0 Å². The minimum absolute atomic E-state index is 0.00307. The molecule has 0 atom stereocenters. The number of anilines is 2. The van der Waals surface area contributed by atoms with Gasteiger partial charge in [-0.3, -0.25) is 0 Å². The summed E-state index contributed by atoms with van der Waals surface area (Å²) in [5.74, 6) is 0. The molecule has 0 spiro atoms. The monoisotopic (exact) mass is 1010 g/mol. The molecule has 0 amide bonds. The molecule has 0 saturated carbocycles. The van der Waals surface area contributed by atoms with Crippen LogP contribution in [0.25, 0.3) is 44.5 Å². The summed E-state index contributed by atoms with van der Waals surface area (Å²) in [6, 6.07) is 56.1. The molecule has 396 valence electrons. The number of hydrogen-bond acceptors (Lipinski definition) is 1. The van der Waals surface area contributed by atoms with E-state index < -0.39 is 0 Å². The molecule has 7 aromatic carbocycles. The highest BCUT2D eigenvalue weighted by Crippen LogP contribution is 2.57. The van der Waals surface area contributed by atoms with Crippen molar-refractivity contribution < 1.29 is 0 Å². The Morgan fingerprint density at radius 3 is 1.16 bits per heavy atom. The van der Waals surface area contributed by atoms with Gasteiger partial charge in [-0.2, -0.15) is 0 Å². The third-order valence-corrected chi connectivity index (χ3v) is 19.2. The maximum absolute atomic E-state index is 2.62. The topological polar surface area (TPSA) is 3.24 Å². The van der Waals surface area contributed by atoms with E-state index in [0.717, 1.165) is 0 Å². The zero-order chi connectivity index (χ0) is 52.9. The Balaban J connectivity index is 0.931. The van der Waals surface area contributed by atoms with Crippen molar-refractivity contribution in [2.24, 2.45) is 0 Å². The van der Waals surface area contributed by atoms with Crippen LogP contribution in [0, 0.1) is 6.92 Å². The molecule has 7 aromatic rings. The Kier molecular flexibility index (Phi) is 16.6. The summed E-state index contributed by atoms with van der Waals surface area (Å²) in [5, 5.41) is 0. The minimum atomic E-state index is -0.155. The predicted octanol–water partition coefficient (Wildman–Crippen LogP) is 21.9. The summed E-state index contributed by atoms with van der Waals surface area (Å²) in [7, 11) is 2.27. The fourth-order valence-electron chi connectivity index (χ4n) is 14.3. The van der Waals surface area contributed by atoms with Gasteiger partial charge in [-0.1, -0.05) is 253 Å². The molecule has 10 rings (SSSR count). The normalized spacial score (nSPS) is 14.4. The van der Waals surface area contributed by atoms with Gasteiger partial charge in [0.2, 0.25) is 0 Å². The van der Waals surface area contributed by atoms with Crippen molar-refractivity contribution in [3.63, 3.8) is 0 Å². The Labute approximate surface area is 461 Å². The maximum atomic E-state index is 2.62. The second-order valence-corrected chi connectivity index (χ2v) is 24.5. The molecule has 0 N–H and O–H groups in total. The highest BCUT2D eigenvalue weighted by atomic mass is 15.1. The lowest BCUT2D eigenvalue weighted by atomic mass is 9.70. The smallest absolute Gasteiger partial charge is 0.0411 e. The molecule has 3 aliphatic carbocycles. The summed E-state index contributed by atoms with van der Waals surface area (Å²) in [5.41, 5.74) is 27.1. The molecule has 1 heteroatoms. The molecule has 0 aliphatic heterocycles. The molecule has 0 aromatic heterocycles. The van der Waals surface area contributed by atoms with Gasteiger partial charge < -0.3 is 4.90 Å². The first kappa shape index (κ1) is 53.7. The Morgan fingerprint density at radius 2 is 0.737 bits per heavy atom. The van der Waals surface area contributed by atoms with Gasteiger partial charge in [0.25, 0.3) is 0 Å². The van der Waals surface area contributed by atoms with Crippen molar-refractivity contribution in [1.29, 1.82) is 0 Å². The molecule has 0 unspecified atom stereocenters. The lowest BCUT2D eigenvalue weighted by Gasteiger charge is -2.34. The Hall–Kier alpha value is -5.66. The highest BCUT2D eigenvalue weighted by molar-refractivity contribution is 5.87. The van der Waals surface area contributed by atoms with E-state index in [1.807, 2.05) is 0 Å². The number of unbranched alkanes of at least 4 members (excludes halogenated alkanes) is 12. The molecular formula is C75H91N. The Bertz CT molecular complexity index is 3060. The number of hydrogen-bond donors (Lipinski definition) is 0. The van der Waals surface area contributed by atoms with E-state index in [2.05, 4.69) is 200 Å². The van der Waals surface area contributed by atoms with E-state index >= 15 is 0 Å². The SMILES string of the molecule is CCCCCCC1(CCCCCC)c2cc(C)ccc2-c2ccc(-c3ccc(C(C)(C)c4ccc(-c5ccc6c(c5)C(CCCCCC)(CCCCCC)c5cc(N(C)c7ccc8c(c7)CC8)ccc5-6)cc4)cc3)cc21. The van der Waals surface area contributed by atoms with Crippen molar-refractivity contribution in [3.8, 4) is 44.5 Å². The van der Waals surface area contributed by atoms with Crippen molar-refractivity contribution in [3.05, 3.63) is 190 Å². The van der Waals surface area contributed by atoms with Gasteiger partial charge in [-0.25, -0.2) is 0 Å². The van der Waals surface area contributed by atoms with Crippen LogP contribution in [0.15, 0.2) is 140 Å². The largest absolute Gasteiger partial charge is 0.345 e. The van der Waals surface area contributed by atoms with Crippen molar-refractivity contribution in [2.75, 3.05) is 11.9 Å². The van der Waals surface area contributed by atoms with E-state index in [0.29, 0.717) is 0 Å². The molecule has 0 saturated heterocycles. The second-order valence-electron chi connectivity index (χ2n) is 24.5. The van der Waals surface area contributed by atoms with Crippen LogP contribution in [-0.4, -0.2) is 7.05 Å². The van der Waals surface area contributed by atoms with Crippen LogP contribution in [0.5, 0.6) is 0 Å². The van der Waals surface area contributed by atoms with E-state index in [4.69, 9.17) is 0 Å². The molecule has 0 heterocycles. The van der Waals surface area contributed by atoms with Crippen LogP contribution in [-0.2, 0) is 29.1 Å². The van der Waals surface area contributed by atoms with Gasteiger partial charge in [0.1, 0.15) is 0 Å². The summed E-state index contributed by atoms with van der Waals surface area (Å²) in [4.78, 5) is 2.44. The first-order valence-electron chi connectivity index (χ1n) is 30.7. The predicted molar refractivity (Wildman–Crippen MR) is 330 cm³/mol. The van der Waals surface area contributed by atoms with Crippen LogP contribution in [0.1, 0.15) is 220 Å². The third-order valence-electron chi connectivity index (χ3n) is 19.2. The van der Waals surface area contributed by atoms with Crippen LogP contribution in [0.4, 0.5) is 11.4 Å². The molecule has 0 fully saturated rings. The molecule has 0 radical (unpaired) electrons. The fourth-order valence-corrected chi connectivity index (χ4v) is 14.3. The van der Waals surface area contributed by atoms with E-state index in [9.17, 15) is 0 Å². The van der Waals surface area contributed by atoms with Crippen LogP contribution < -0.4 is 4.90 Å². The summed E-state index contributed by atoms with van der Waals surface area (Å²) >= 11 is 0. The van der Waals surface area contributed by atoms with E-state index in [1.54, 1.807) is 22.3 Å². The fraction of sp³-hybridized carbons (Fsp3) is 0.440. The number of rotatable bonds is 26. The van der Waals surface area contributed by atoms with Crippen molar-refractivity contribution >= 4 is 11.4 Å². The molecule has 1 nitrogen and oxygen atoms in total. The summed E-state index contributed by atoms with van der Waals surface area (Å²) < 4.78 is 0. The quantitative estimate of drug-likeness (QED) is 0.0489. The van der Waals surface area contributed by atoms with Gasteiger partial charge in [0.05, 0.1) is 0 Å². The van der Waals surface area contributed by atoms with Crippen molar-refractivity contribution in [2.45, 2.75) is 206 Å². The average molecular weight is 1010 g/mol. The zero-order valence-corrected chi connectivity index (χ0v) is 48.3. The first-order valence-corrected chi connectivity index (χ1v) is 30.7. The first-order chi connectivity index (χ1) is 37.0. The summed E-state index contributed by atoms with van der Waals surface area (Å²) in [6.07, 6.45) is 28.0. The van der Waals surface area contributed by atoms with Gasteiger partial charge in [-0.05, 0) is 171 Å². The number of nitrogens with zero attached hydrogens (tertiary/aromatic N) is 1. The van der Waals surface area contributed by atoms with Crippen molar-refractivity contribution in [1.82, 2.24) is 0 Å². The molecule has 3 aliphatic rings. The molecular weight excluding hydrogens is 915 g/mol. The lowest BCUT2D eigenvalue weighted by molar-refractivity contribution is 0.401. The van der Waals surface area contributed by atoms with E-state index in [1.165, 1.54) is 225 Å².